The van der Waals surface area contributed by atoms with Gasteiger partial charge in [0.15, 0.2) is 0 Å². The summed E-state index contributed by atoms with van der Waals surface area (Å²) in [7, 11) is -4.30. The number of carbonyl (C=O) groups excluding carboxylic acids is 2. The van der Waals surface area contributed by atoms with Crippen molar-refractivity contribution in [1.29, 1.82) is 0 Å². The fourth-order valence-corrected chi connectivity index (χ4v) is 2.28. The zero-order valence-electron chi connectivity index (χ0n) is 9.37. The second kappa shape index (κ2) is 5.50. The highest BCUT2D eigenvalue weighted by atomic mass is 32.2. The van der Waals surface area contributed by atoms with Crippen LogP contribution >= 0.6 is 0 Å². The summed E-state index contributed by atoms with van der Waals surface area (Å²) in [5, 5.41) is 10.8. The predicted octanol–water partition coefficient (Wildman–Crippen LogP) is 0.692. The maximum absolute atomic E-state index is 11.7. The van der Waals surface area contributed by atoms with E-state index in [2.05, 4.69) is 4.74 Å². The van der Waals surface area contributed by atoms with E-state index in [-0.39, 0.29) is 6.61 Å². The average Bonchev–Trinajstić information content (AvgIpc) is 2.28. The third kappa shape index (κ3) is 3.20. The third-order valence-corrected chi connectivity index (χ3v) is 3.26. The van der Waals surface area contributed by atoms with Gasteiger partial charge >= 0.3 is 12.1 Å². The lowest BCUT2D eigenvalue weighted by molar-refractivity contribution is 0.0568. The van der Waals surface area contributed by atoms with Crippen LogP contribution in [0.2, 0.25) is 0 Å². The Morgan fingerprint density at radius 1 is 1.28 bits per heavy atom. The molecule has 18 heavy (non-hydrogen) atoms. The quantitative estimate of drug-likeness (QED) is 0.867. The van der Waals surface area contributed by atoms with Crippen LogP contribution in [0.15, 0.2) is 29.2 Å². The molecule has 0 aromatic heterocycles. The molecule has 8 heteroatoms. The number of carbonyl (C=O) groups is 2. The van der Waals surface area contributed by atoms with Crippen molar-refractivity contribution in [1.82, 2.24) is 4.72 Å². The van der Waals surface area contributed by atoms with Crippen molar-refractivity contribution in [2.75, 3.05) is 6.61 Å². The Hall–Kier alpha value is -2.09. The minimum absolute atomic E-state index is 0.0104. The van der Waals surface area contributed by atoms with E-state index in [1.54, 1.807) is 4.72 Å². The van der Waals surface area contributed by atoms with Crippen molar-refractivity contribution >= 4 is 22.1 Å². The molecule has 1 radical (unpaired) electrons. The van der Waals surface area contributed by atoms with E-state index in [4.69, 9.17) is 0 Å². The molecule has 1 N–H and O–H groups in total. The predicted molar refractivity (Wildman–Crippen MR) is 58.8 cm³/mol. The summed E-state index contributed by atoms with van der Waals surface area (Å²) >= 11 is 0. The largest absolute Gasteiger partial charge is 0.449 e. The van der Waals surface area contributed by atoms with Gasteiger partial charge in [-0.15, -0.1) is 0 Å². The van der Waals surface area contributed by atoms with Crippen LogP contribution in [0.5, 0.6) is 0 Å². The van der Waals surface area contributed by atoms with Crippen LogP contribution in [0.4, 0.5) is 4.79 Å². The SMILES string of the molecule is CCOC(=O)NS(=O)(=O)c1ccccc1C([O])=O. The molecule has 0 saturated heterocycles. The minimum atomic E-state index is -4.30. The zero-order valence-corrected chi connectivity index (χ0v) is 10.2. The van der Waals surface area contributed by atoms with E-state index in [0.717, 1.165) is 12.1 Å². The molecule has 1 aromatic carbocycles. The first-order valence-electron chi connectivity index (χ1n) is 4.88. The molecule has 0 unspecified atom stereocenters. The number of ether oxygens (including phenoxy) is 1. The molecule has 0 spiro atoms. The van der Waals surface area contributed by atoms with Crippen molar-refractivity contribution in [3.8, 4) is 0 Å². The Kier molecular flexibility index (Phi) is 4.27. The van der Waals surface area contributed by atoms with Gasteiger partial charge in [0, 0.05) is 0 Å². The van der Waals surface area contributed by atoms with E-state index in [1.807, 2.05) is 0 Å². The highest BCUT2D eigenvalue weighted by molar-refractivity contribution is 7.90. The molecule has 0 aliphatic heterocycles. The van der Waals surface area contributed by atoms with Crippen molar-refractivity contribution in [2.45, 2.75) is 11.8 Å². The van der Waals surface area contributed by atoms with Crippen LogP contribution in [0.25, 0.3) is 0 Å². The second-order valence-electron chi connectivity index (χ2n) is 3.11. The highest BCUT2D eigenvalue weighted by Gasteiger charge is 2.24. The molecule has 0 aliphatic carbocycles. The first-order chi connectivity index (χ1) is 8.38. The fourth-order valence-electron chi connectivity index (χ4n) is 1.19. The molecule has 1 rings (SSSR count). The number of hydrogen-bond donors (Lipinski definition) is 1. The van der Waals surface area contributed by atoms with Crippen molar-refractivity contribution in [2.24, 2.45) is 0 Å². The van der Waals surface area contributed by atoms with E-state index < -0.39 is 32.5 Å². The van der Waals surface area contributed by atoms with Crippen LogP contribution in [0.1, 0.15) is 17.3 Å². The van der Waals surface area contributed by atoms with Crippen molar-refractivity contribution in [3.63, 3.8) is 0 Å². The summed E-state index contributed by atoms with van der Waals surface area (Å²) in [6.07, 6.45) is -1.18. The Morgan fingerprint density at radius 3 is 2.44 bits per heavy atom. The van der Waals surface area contributed by atoms with Gasteiger partial charge in [-0.2, -0.15) is 0 Å². The summed E-state index contributed by atoms with van der Waals surface area (Å²) in [6.45, 7) is 1.49. The smallest absolute Gasteiger partial charge is 0.421 e. The van der Waals surface area contributed by atoms with Gasteiger partial charge in [-0.05, 0) is 19.1 Å². The lowest BCUT2D eigenvalue weighted by Gasteiger charge is -2.08. The van der Waals surface area contributed by atoms with Gasteiger partial charge in [0.1, 0.15) is 4.90 Å². The van der Waals surface area contributed by atoms with Gasteiger partial charge in [-0.1, -0.05) is 12.1 Å². The minimum Gasteiger partial charge on any atom is -0.449 e. The number of amides is 1. The third-order valence-electron chi connectivity index (χ3n) is 1.89. The summed E-state index contributed by atoms with van der Waals surface area (Å²) < 4.78 is 29.5. The molecule has 0 aliphatic rings. The Balaban J connectivity index is 3.13. The fraction of sp³-hybridized carbons (Fsp3) is 0.200. The summed E-state index contributed by atoms with van der Waals surface area (Å²) in [5.41, 5.74) is -0.533. The van der Waals surface area contributed by atoms with E-state index >= 15 is 0 Å². The molecule has 0 heterocycles. The van der Waals surface area contributed by atoms with E-state index in [9.17, 15) is 23.1 Å². The maximum atomic E-state index is 11.7. The first kappa shape index (κ1) is 14.0. The Labute approximate surface area is 103 Å². The van der Waals surface area contributed by atoms with Crippen LogP contribution in [0.3, 0.4) is 0 Å². The van der Waals surface area contributed by atoms with E-state index in [0.29, 0.717) is 0 Å². The van der Waals surface area contributed by atoms with Crippen LogP contribution in [-0.2, 0) is 19.9 Å². The molecule has 0 bridgehead atoms. The van der Waals surface area contributed by atoms with Crippen molar-refractivity contribution < 1.29 is 27.9 Å². The highest BCUT2D eigenvalue weighted by Crippen LogP contribution is 2.15. The number of hydrogen-bond acceptors (Lipinski definition) is 5. The molecule has 7 nitrogen and oxygen atoms in total. The van der Waals surface area contributed by atoms with Gasteiger partial charge < -0.3 is 4.74 Å². The number of benzene rings is 1. The maximum Gasteiger partial charge on any atom is 0.421 e. The number of sulfonamides is 1. The van der Waals surface area contributed by atoms with Gasteiger partial charge in [0.2, 0.25) is 0 Å². The lowest BCUT2D eigenvalue weighted by atomic mass is 10.2. The summed E-state index contributed by atoms with van der Waals surface area (Å²) in [6, 6.07) is 4.78. The molecule has 0 atom stereocenters. The molecule has 1 amide bonds. The molecule has 0 saturated carbocycles. The molecule has 1 aromatic rings. The number of rotatable bonds is 4. The Morgan fingerprint density at radius 2 is 1.89 bits per heavy atom. The van der Waals surface area contributed by atoms with Gasteiger partial charge in [0.05, 0.1) is 12.2 Å². The van der Waals surface area contributed by atoms with Gasteiger partial charge in [0.25, 0.3) is 10.0 Å². The summed E-state index contributed by atoms with van der Waals surface area (Å²) in [4.78, 5) is 21.2. The van der Waals surface area contributed by atoms with Crippen LogP contribution in [-0.4, -0.2) is 27.1 Å². The zero-order chi connectivity index (χ0) is 13.8. The normalized spacial score (nSPS) is 10.7. The lowest BCUT2D eigenvalue weighted by Crippen LogP contribution is -2.32. The average molecular weight is 272 g/mol. The molecule has 97 valence electrons. The van der Waals surface area contributed by atoms with Gasteiger partial charge in [-0.3, -0.25) is 0 Å². The van der Waals surface area contributed by atoms with Crippen LogP contribution < -0.4 is 4.72 Å². The first-order valence-corrected chi connectivity index (χ1v) is 6.36. The molecular weight excluding hydrogens is 262 g/mol. The van der Waals surface area contributed by atoms with E-state index in [1.165, 1.54) is 19.1 Å². The second-order valence-corrected chi connectivity index (χ2v) is 4.76. The van der Waals surface area contributed by atoms with Crippen LogP contribution in [0, 0.1) is 0 Å². The van der Waals surface area contributed by atoms with Crippen molar-refractivity contribution in [3.05, 3.63) is 29.8 Å². The standard InChI is InChI=1S/C10H10NO6S/c1-2-17-10(14)11-18(15,16)8-6-4-3-5-7(8)9(12)13/h3-6H,2H2,1H3,(H,11,14). The topological polar surface area (TPSA) is 109 Å². The molecular formula is C10H10NO6S. The van der Waals surface area contributed by atoms with Gasteiger partial charge in [-0.25, -0.2) is 27.8 Å². The Bertz CT molecular complexity index is 565. The molecule has 0 fully saturated rings. The monoisotopic (exact) mass is 272 g/mol. The number of nitrogens with one attached hydrogen (secondary N) is 1. The summed E-state index contributed by atoms with van der Waals surface area (Å²) in [5.74, 6) is -1.65.